The first kappa shape index (κ1) is 15.9. The molecule has 0 saturated carbocycles. The third-order valence-electron chi connectivity index (χ3n) is 3.91. The smallest absolute Gasteiger partial charge is 0.324 e. The van der Waals surface area contributed by atoms with Gasteiger partial charge in [0.05, 0.1) is 5.69 Å². The Kier molecular flexibility index (Phi) is 5.20. The first-order valence-electron chi connectivity index (χ1n) is 6.78. The molecule has 20 heavy (non-hydrogen) atoms. The monoisotopic (exact) mass is 404 g/mol. The maximum Gasteiger partial charge on any atom is 0.324 e. The van der Waals surface area contributed by atoms with Crippen LogP contribution in [-0.4, -0.2) is 33.0 Å². The van der Waals surface area contributed by atoms with Gasteiger partial charge in [-0.05, 0) is 63.7 Å². The van der Waals surface area contributed by atoms with Crippen molar-refractivity contribution in [2.24, 2.45) is 0 Å². The molecule has 1 saturated heterocycles. The van der Waals surface area contributed by atoms with Crippen LogP contribution in [0.15, 0.2) is 21.2 Å². The summed E-state index contributed by atoms with van der Waals surface area (Å²) in [7, 11) is 0. The molecule has 2 heterocycles. The second-order valence-corrected chi connectivity index (χ2v) is 6.96. The number of hydrogen-bond donors (Lipinski definition) is 1. The number of hydrogen-bond acceptors (Lipinski definition) is 3. The third kappa shape index (κ3) is 3.07. The fourth-order valence-electron chi connectivity index (χ4n) is 2.95. The molecule has 0 aromatic carbocycles. The Balaban J connectivity index is 2.24. The van der Waals surface area contributed by atoms with Gasteiger partial charge >= 0.3 is 5.97 Å². The standard InChI is InChI=1S/C14H18Br2N2O2/c1-2-4-14(13(19)20)5-3-6-18(14)9-12-11(16)7-10(15)8-17-12/h7-8H,2-6,9H2,1H3,(H,19,20). The summed E-state index contributed by atoms with van der Waals surface area (Å²) in [5, 5.41) is 9.68. The highest BCUT2D eigenvalue weighted by atomic mass is 79.9. The lowest BCUT2D eigenvalue weighted by atomic mass is 9.90. The Bertz CT molecular complexity index is 510. The predicted octanol–water partition coefficient (Wildman–Crippen LogP) is 3.83. The Labute approximate surface area is 135 Å². The number of rotatable bonds is 5. The van der Waals surface area contributed by atoms with Crippen molar-refractivity contribution in [1.29, 1.82) is 0 Å². The summed E-state index contributed by atoms with van der Waals surface area (Å²) in [6, 6.07) is 1.95. The molecule has 1 aromatic heterocycles. The molecule has 1 atom stereocenters. The molecule has 6 heteroatoms. The van der Waals surface area contributed by atoms with Crippen molar-refractivity contribution in [3.63, 3.8) is 0 Å². The second kappa shape index (κ2) is 6.54. The molecule has 0 aliphatic carbocycles. The van der Waals surface area contributed by atoms with Gasteiger partial charge in [0.15, 0.2) is 0 Å². The minimum Gasteiger partial charge on any atom is -0.480 e. The number of aliphatic carboxylic acids is 1. The summed E-state index contributed by atoms with van der Waals surface area (Å²) in [5.41, 5.74) is 0.167. The number of carbonyl (C=O) groups is 1. The largest absolute Gasteiger partial charge is 0.480 e. The number of pyridine rings is 1. The normalized spacial score (nSPS) is 23.1. The second-order valence-electron chi connectivity index (χ2n) is 5.19. The number of halogens is 2. The van der Waals surface area contributed by atoms with Gasteiger partial charge in [0, 0.05) is 21.7 Å². The molecule has 1 aromatic rings. The third-order valence-corrected chi connectivity index (χ3v) is 5.03. The van der Waals surface area contributed by atoms with Gasteiger partial charge in [-0.3, -0.25) is 14.7 Å². The molecule has 0 spiro atoms. The molecular weight excluding hydrogens is 388 g/mol. The Morgan fingerprint density at radius 1 is 1.55 bits per heavy atom. The van der Waals surface area contributed by atoms with E-state index in [1.165, 1.54) is 0 Å². The van der Waals surface area contributed by atoms with Gasteiger partial charge in [-0.25, -0.2) is 0 Å². The Morgan fingerprint density at radius 2 is 2.30 bits per heavy atom. The molecular formula is C14H18Br2N2O2. The van der Waals surface area contributed by atoms with Crippen LogP contribution in [0.5, 0.6) is 0 Å². The molecule has 1 aliphatic heterocycles. The molecule has 1 N–H and O–H groups in total. The summed E-state index contributed by atoms with van der Waals surface area (Å²) in [6.45, 7) is 3.42. The van der Waals surface area contributed by atoms with Crippen LogP contribution in [0.3, 0.4) is 0 Å². The van der Waals surface area contributed by atoms with Crippen molar-refractivity contribution >= 4 is 37.8 Å². The van der Waals surface area contributed by atoms with E-state index in [1.807, 2.05) is 13.0 Å². The summed E-state index contributed by atoms with van der Waals surface area (Å²) in [6.07, 6.45) is 4.97. The van der Waals surface area contributed by atoms with E-state index in [0.29, 0.717) is 13.0 Å². The first-order chi connectivity index (χ1) is 9.49. The van der Waals surface area contributed by atoms with Gasteiger partial charge in [0.25, 0.3) is 0 Å². The number of likely N-dealkylation sites (tertiary alicyclic amines) is 1. The van der Waals surface area contributed by atoms with Gasteiger partial charge in [-0.1, -0.05) is 13.3 Å². The van der Waals surface area contributed by atoms with Crippen LogP contribution >= 0.6 is 31.9 Å². The molecule has 4 nitrogen and oxygen atoms in total. The lowest BCUT2D eigenvalue weighted by Gasteiger charge is -2.34. The van der Waals surface area contributed by atoms with Crippen LogP contribution in [0.4, 0.5) is 0 Å². The quantitative estimate of drug-likeness (QED) is 0.808. The van der Waals surface area contributed by atoms with Crippen LogP contribution in [-0.2, 0) is 11.3 Å². The average Bonchev–Trinajstić information content (AvgIpc) is 2.77. The Morgan fingerprint density at radius 3 is 2.90 bits per heavy atom. The van der Waals surface area contributed by atoms with Gasteiger partial charge in [-0.15, -0.1) is 0 Å². The van der Waals surface area contributed by atoms with Gasteiger partial charge in [-0.2, -0.15) is 0 Å². The maximum atomic E-state index is 11.8. The zero-order chi connectivity index (χ0) is 14.8. The number of aromatic nitrogens is 1. The topological polar surface area (TPSA) is 53.4 Å². The van der Waals surface area contributed by atoms with E-state index in [0.717, 1.165) is 40.4 Å². The van der Waals surface area contributed by atoms with E-state index in [9.17, 15) is 9.90 Å². The minimum atomic E-state index is -0.719. The van der Waals surface area contributed by atoms with Crippen LogP contribution in [0.25, 0.3) is 0 Å². The molecule has 0 radical (unpaired) electrons. The molecule has 1 unspecified atom stereocenters. The van der Waals surface area contributed by atoms with E-state index in [1.54, 1.807) is 6.20 Å². The highest BCUT2D eigenvalue weighted by Gasteiger charge is 2.46. The highest BCUT2D eigenvalue weighted by Crippen LogP contribution is 2.36. The van der Waals surface area contributed by atoms with Crippen molar-refractivity contribution in [2.75, 3.05) is 6.54 Å². The van der Waals surface area contributed by atoms with Crippen molar-refractivity contribution < 1.29 is 9.90 Å². The number of nitrogens with zero attached hydrogens (tertiary/aromatic N) is 2. The van der Waals surface area contributed by atoms with Gasteiger partial charge in [0.2, 0.25) is 0 Å². The lowest BCUT2D eigenvalue weighted by Crippen LogP contribution is -2.50. The van der Waals surface area contributed by atoms with E-state index in [-0.39, 0.29) is 0 Å². The summed E-state index contributed by atoms with van der Waals surface area (Å²) >= 11 is 6.88. The van der Waals surface area contributed by atoms with Crippen molar-refractivity contribution in [3.05, 3.63) is 26.9 Å². The fraction of sp³-hybridized carbons (Fsp3) is 0.571. The lowest BCUT2D eigenvalue weighted by molar-refractivity contribution is -0.150. The van der Waals surface area contributed by atoms with Crippen LogP contribution in [0.1, 0.15) is 38.3 Å². The van der Waals surface area contributed by atoms with Gasteiger partial charge < -0.3 is 5.11 Å². The fourth-order valence-corrected chi connectivity index (χ4v) is 4.06. The van der Waals surface area contributed by atoms with E-state index in [4.69, 9.17) is 0 Å². The first-order valence-corrected chi connectivity index (χ1v) is 8.36. The van der Waals surface area contributed by atoms with Crippen molar-refractivity contribution in [3.8, 4) is 0 Å². The molecule has 0 bridgehead atoms. The summed E-state index contributed by atoms with van der Waals surface area (Å²) < 4.78 is 1.82. The van der Waals surface area contributed by atoms with E-state index in [2.05, 4.69) is 41.7 Å². The number of carboxylic acids is 1. The average molecular weight is 406 g/mol. The van der Waals surface area contributed by atoms with Crippen molar-refractivity contribution in [1.82, 2.24) is 9.88 Å². The van der Waals surface area contributed by atoms with E-state index < -0.39 is 11.5 Å². The predicted molar refractivity (Wildman–Crippen MR) is 84.6 cm³/mol. The Hall–Kier alpha value is -0.460. The molecule has 110 valence electrons. The molecule has 1 fully saturated rings. The molecule has 2 rings (SSSR count). The van der Waals surface area contributed by atoms with Gasteiger partial charge in [0.1, 0.15) is 5.54 Å². The maximum absolute atomic E-state index is 11.8. The zero-order valence-electron chi connectivity index (χ0n) is 11.4. The molecule has 1 aliphatic rings. The van der Waals surface area contributed by atoms with Crippen LogP contribution < -0.4 is 0 Å². The highest BCUT2D eigenvalue weighted by molar-refractivity contribution is 9.11. The van der Waals surface area contributed by atoms with Crippen LogP contribution in [0, 0.1) is 0 Å². The number of carboxylic acid groups (broad SMARTS) is 1. The summed E-state index contributed by atoms with van der Waals surface area (Å²) in [5.74, 6) is -0.704. The SMILES string of the molecule is CCCC1(C(=O)O)CCCN1Cc1ncc(Br)cc1Br. The molecule has 0 amide bonds. The van der Waals surface area contributed by atoms with E-state index >= 15 is 0 Å². The minimum absolute atomic E-state index is 0.570. The van der Waals surface area contributed by atoms with Crippen molar-refractivity contribution in [2.45, 2.75) is 44.7 Å². The zero-order valence-corrected chi connectivity index (χ0v) is 14.6. The summed E-state index contributed by atoms with van der Waals surface area (Å²) in [4.78, 5) is 18.2. The van der Waals surface area contributed by atoms with Crippen LogP contribution in [0.2, 0.25) is 0 Å².